The second-order valence-electron chi connectivity index (χ2n) is 11.3. The Morgan fingerprint density at radius 1 is 1.26 bits per heavy atom. The number of hydrogen-bond donors (Lipinski definition) is 3. The highest BCUT2D eigenvalue weighted by Crippen LogP contribution is 2.41. The van der Waals surface area contributed by atoms with Gasteiger partial charge in [-0.05, 0) is 70.8 Å². The van der Waals surface area contributed by atoms with Crippen molar-refractivity contribution in [1.82, 2.24) is 29.3 Å². The molecule has 0 aromatic carbocycles. The number of terminal acetylenes is 1. The fourth-order valence-corrected chi connectivity index (χ4v) is 5.34. The van der Waals surface area contributed by atoms with E-state index in [0.717, 1.165) is 22.3 Å². The molecule has 3 aromatic heterocycles. The van der Waals surface area contributed by atoms with E-state index in [-0.39, 0.29) is 30.4 Å². The van der Waals surface area contributed by atoms with Gasteiger partial charge in [0.05, 0.1) is 29.4 Å². The number of nitrogens with zero attached hydrogens (tertiary/aromatic N) is 5. The molecule has 0 saturated heterocycles. The van der Waals surface area contributed by atoms with Crippen molar-refractivity contribution < 1.29 is 14.4 Å². The fraction of sp³-hybridized carbons (Fsp3) is 0.312. The summed E-state index contributed by atoms with van der Waals surface area (Å²) in [7, 11) is 5.71. The average molecular weight is 583 g/mol. The van der Waals surface area contributed by atoms with Crippen LogP contribution in [0.2, 0.25) is 0 Å². The van der Waals surface area contributed by atoms with Gasteiger partial charge in [-0.2, -0.15) is 5.10 Å². The molecular formula is C32H38N8O3. The Labute approximate surface area is 251 Å². The van der Waals surface area contributed by atoms with E-state index in [4.69, 9.17) is 6.42 Å². The monoisotopic (exact) mass is 582 g/mol. The molecule has 0 bridgehead atoms. The number of fused-ring (bicyclic) bond motifs is 2. The molecule has 224 valence electrons. The van der Waals surface area contributed by atoms with Gasteiger partial charge in [0, 0.05) is 42.8 Å². The highest BCUT2D eigenvalue weighted by molar-refractivity contribution is 6.05. The lowest BCUT2D eigenvalue weighted by Gasteiger charge is -2.34. The van der Waals surface area contributed by atoms with Gasteiger partial charge in [-0.1, -0.05) is 24.7 Å². The lowest BCUT2D eigenvalue weighted by atomic mass is 10.0. The Balaban J connectivity index is 1.54. The van der Waals surface area contributed by atoms with Gasteiger partial charge >= 0.3 is 6.03 Å². The summed E-state index contributed by atoms with van der Waals surface area (Å²) in [4.78, 5) is 42.5. The van der Waals surface area contributed by atoms with Gasteiger partial charge < -0.3 is 30.2 Å². The van der Waals surface area contributed by atoms with E-state index in [0.29, 0.717) is 23.6 Å². The van der Waals surface area contributed by atoms with Gasteiger partial charge in [0.25, 0.3) is 5.91 Å². The van der Waals surface area contributed by atoms with E-state index in [2.05, 4.69) is 33.5 Å². The first-order valence-electron chi connectivity index (χ1n) is 13.8. The van der Waals surface area contributed by atoms with Gasteiger partial charge in [-0.15, -0.1) is 6.42 Å². The van der Waals surface area contributed by atoms with Crippen LogP contribution in [0.5, 0.6) is 0 Å². The van der Waals surface area contributed by atoms with Crippen LogP contribution in [0.25, 0.3) is 5.52 Å². The number of aryl methyl sites for hydroxylation is 1. The maximum absolute atomic E-state index is 13.7. The molecule has 0 unspecified atom stereocenters. The Kier molecular flexibility index (Phi) is 8.92. The lowest BCUT2D eigenvalue weighted by Crippen LogP contribution is -2.52. The molecule has 0 spiro atoms. The van der Waals surface area contributed by atoms with Gasteiger partial charge in [-0.25, -0.2) is 4.79 Å². The Bertz CT molecular complexity index is 1680. The number of rotatable bonds is 9. The number of carbonyl (C=O) groups is 3. The SMILES string of the molecule is C#C/C=C\C=C(/C)[C@@H](CN(C)C)NC(=O)N1Cc2c(NC(=O)c3cc4cc(NC(=O)C=C)ccn4c3)nn(C)c2C1(C)C. The zero-order valence-electron chi connectivity index (χ0n) is 25.4. The third-order valence-corrected chi connectivity index (χ3v) is 7.45. The first kappa shape index (κ1) is 30.9. The van der Waals surface area contributed by atoms with Gasteiger partial charge in [0.15, 0.2) is 5.82 Å². The number of hydrogen-bond acceptors (Lipinski definition) is 5. The van der Waals surface area contributed by atoms with Crippen molar-refractivity contribution in [3.63, 3.8) is 0 Å². The zero-order chi connectivity index (χ0) is 31.5. The number of urea groups is 1. The van der Waals surface area contributed by atoms with Crippen LogP contribution in [0.4, 0.5) is 16.3 Å². The molecule has 1 aliphatic heterocycles. The number of pyridine rings is 1. The van der Waals surface area contributed by atoms with Crippen LogP contribution in [-0.2, 0) is 23.9 Å². The second-order valence-corrected chi connectivity index (χ2v) is 11.3. The number of allylic oxidation sites excluding steroid dienone is 3. The molecule has 1 atom stereocenters. The molecule has 11 nitrogen and oxygen atoms in total. The topological polar surface area (TPSA) is 116 Å². The van der Waals surface area contributed by atoms with E-state index in [1.54, 1.807) is 56.7 Å². The molecular weight excluding hydrogens is 544 g/mol. The molecule has 4 rings (SSSR count). The van der Waals surface area contributed by atoms with Gasteiger partial charge in [0.2, 0.25) is 5.91 Å². The number of likely N-dealkylation sites (N-methyl/N-ethyl adjacent to an activating group) is 1. The van der Waals surface area contributed by atoms with Crippen molar-refractivity contribution in [2.75, 3.05) is 31.3 Å². The minimum Gasteiger partial charge on any atom is -0.330 e. The summed E-state index contributed by atoms with van der Waals surface area (Å²) >= 11 is 0. The molecule has 1 aliphatic rings. The fourth-order valence-electron chi connectivity index (χ4n) is 5.34. The van der Waals surface area contributed by atoms with Crippen LogP contribution in [0.3, 0.4) is 0 Å². The van der Waals surface area contributed by atoms with Crippen molar-refractivity contribution in [3.05, 3.63) is 83.9 Å². The van der Waals surface area contributed by atoms with Crippen molar-refractivity contribution in [3.8, 4) is 12.3 Å². The van der Waals surface area contributed by atoms with Crippen molar-refractivity contribution in [1.29, 1.82) is 0 Å². The van der Waals surface area contributed by atoms with Gasteiger partial charge in [-0.3, -0.25) is 14.3 Å². The van der Waals surface area contributed by atoms with Crippen LogP contribution in [0.15, 0.2) is 67.0 Å². The number of amides is 4. The Morgan fingerprint density at radius 3 is 2.67 bits per heavy atom. The first-order valence-corrected chi connectivity index (χ1v) is 13.8. The van der Waals surface area contributed by atoms with E-state index in [1.165, 1.54) is 6.08 Å². The highest BCUT2D eigenvalue weighted by atomic mass is 16.2. The summed E-state index contributed by atoms with van der Waals surface area (Å²) in [6.07, 6.45) is 15.3. The van der Waals surface area contributed by atoms with Gasteiger partial charge in [0.1, 0.15) is 0 Å². The summed E-state index contributed by atoms with van der Waals surface area (Å²) in [5, 5.41) is 13.4. The lowest BCUT2D eigenvalue weighted by molar-refractivity contribution is -0.111. The average Bonchev–Trinajstić information content (AvgIpc) is 3.59. The van der Waals surface area contributed by atoms with E-state index < -0.39 is 5.54 Å². The largest absolute Gasteiger partial charge is 0.330 e. The summed E-state index contributed by atoms with van der Waals surface area (Å²) in [6.45, 7) is 10.2. The smallest absolute Gasteiger partial charge is 0.318 e. The number of anilines is 2. The summed E-state index contributed by atoms with van der Waals surface area (Å²) in [5.41, 5.74) is 3.64. The molecule has 3 aromatic rings. The van der Waals surface area contributed by atoms with Crippen molar-refractivity contribution in [2.45, 2.75) is 38.9 Å². The van der Waals surface area contributed by atoms with E-state index >= 15 is 0 Å². The van der Waals surface area contributed by atoms with Crippen LogP contribution in [0, 0.1) is 12.3 Å². The molecule has 0 aliphatic carbocycles. The third-order valence-electron chi connectivity index (χ3n) is 7.45. The van der Waals surface area contributed by atoms with E-state index in [9.17, 15) is 14.4 Å². The second kappa shape index (κ2) is 12.4. The summed E-state index contributed by atoms with van der Waals surface area (Å²) in [5.74, 6) is 2.22. The highest BCUT2D eigenvalue weighted by Gasteiger charge is 2.45. The minimum absolute atomic E-state index is 0.225. The Hall–Kier alpha value is -5.08. The van der Waals surface area contributed by atoms with Crippen LogP contribution in [0.1, 0.15) is 42.4 Å². The Morgan fingerprint density at radius 2 is 2.00 bits per heavy atom. The number of aromatic nitrogens is 3. The molecule has 43 heavy (non-hydrogen) atoms. The molecule has 0 saturated carbocycles. The van der Waals surface area contributed by atoms with Crippen molar-refractivity contribution >= 4 is 34.9 Å². The summed E-state index contributed by atoms with van der Waals surface area (Å²) < 4.78 is 3.51. The molecule has 0 fully saturated rings. The molecule has 4 heterocycles. The third kappa shape index (κ3) is 6.55. The molecule has 11 heteroatoms. The van der Waals surface area contributed by atoms with Crippen molar-refractivity contribution in [2.24, 2.45) is 7.05 Å². The molecule has 3 N–H and O–H groups in total. The molecule has 4 amide bonds. The number of nitrogens with one attached hydrogen (secondary N) is 3. The van der Waals surface area contributed by atoms with Crippen LogP contribution >= 0.6 is 0 Å². The quantitative estimate of drug-likeness (QED) is 0.201. The predicted molar refractivity (Wildman–Crippen MR) is 169 cm³/mol. The standard InChI is InChI=1S/C32H38N8O3/c1-9-11-12-13-21(3)26(20-37(6)7)34-31(43)40-19-25-28(32(40,4)5)38(8)36-29(25)35-30(42)22-16-24-17-23(33-27(41)10-2)14-15-39(24)18-22/h1,10-18,26H,2,19-20H2,3-8H3,(H,33,41)(H,34,43)(H,35,36,42)/b12-11-,21-13+/t26-/m1/s1. The predicted octanol–water partition coefficient (Wildman–Crippen LogP) is 3.88. The van der Waals surface area contributed by atoms with E-state index in [1.807, 2.05) is 52.9 Å². The normalized spacial score (nSPS) is 14.9. The van der Waals surface area contributed by atoms with Crippen LogP contribution < -0.4 is 16.0 Å². The minimum atomic E-state index is -0.690. The first-order chi connectivity index (χ1) is 20.3. The maximum Gasteiger partial charge on any atom is 0.318 e. The number of carbonyl (C=O) groups excluding carboxylic acids is 3. The van der Waals surface area contributed by atoms with Crippen LogP contribution in [-0.4, -0.2) is 68.5 Å². The zero-order valence-corrected chi connectivity index (χ0v) is 25.4. The maximum atomic E-state index is 13.7. The molecule has 0 radical (unpaired) electrons. The summed E-state index contributed by atoms with van der Waals surface area (Å²) in [6, 6.07) is 4.76.